The number of hydrogen-bond donors (Lipinski definition) is 2. The van der Waals surface area contributed by atoms with E-state index in [1.807, 2.05) is 0 Å². The second-order valence-electron chi connectivity index (χ2n) is 10.1. The number of aromatic nitrogens is 1. The van der Waals surface area contributed by atoms with E-state index in [2.05, 4.69) is 10.3 Å². The second kappa shape index (κ2) is 9.12. The SMILES string of the molecule is COc1ccc2[nH]c(=O)c(C3CC(=O)NC4=C3C(=O)[C@@]3(Oc5c(Cl)c(OC)cc(OC)c5C3=O)[C@H](C)C4)cc2c1. The first-order valence-corrected chi connectivity index (χ1v) is 13.0. The molecule has 10 nitrogen and oxygen atoms in total. The molecule has 206 valence electrons. The molecule has 3 aliphatic rings. The predicted octanol–water partition coefficient (Wildman–Crippen LogP) is 3.69. The Hall–Kier alpha value is -4.31. The van der Waals surface area contributed by atoms with E-state index in [9.17, 15) is 19.2 Å². The van der Waals surface area contributed by atoms with Crippen molar-refractivity contribution in [3.05, 3.63) is 68.1 Å². The van der Waals surface area contributed by atoms with Gasteiger partial charge >= 0.3 is 0 Å². The van der Waals surface area contributed by atoms with Gasteiger partial charge in [0.2, 0.25) is 23.1 Å². The van der Waals surface area contributed by atoms with E-state index in [0.29, 0.717) is 22.3 Å². The van der Waals surface area contributed by atoms with Gasteiger partial charge in [-0.3, -0.25) is 19.2 Å². The molecule has 3 aromatic rings. The van der Waals surface area contributed by atoms with Gasteiger partial charge in [-0.25, -0.2) is 0 Å². The summed E-state index contributed by atoms with van der Waals surface area (Å²) < 4.78 is 22.3. The number of pyridine rings is 1. The van der Waals surface area contributed by atoms with Crippen molar-refractivity contribution < 1.29 is 33.3 Å². The summed E-state index contributed by atoms with van der Waals surface area (Å²) in [5, 5.41) is 3.50. The number of ketones is 2. The fourth-order valence-corrected chi connectivity index (χ4v) is 6.31. The molecule has 0 bridgehead atoms. The molecule has 6 rings (SSSR count). The molecular weight excluding hydrogens is 540 g/mol. The summed E-state index contributed by atoms with van der Waals surface area (Å²) in [6.45, 7) is 1.70. The maximum absolute atomic E-state index is 14.5. The zero-order valence-corrected chi connectivity index (χ0v) is 22.9. The van der Waals surface area contributed by atoms with Crippen molar-refractivity contribution in [1.29, 1.82) is 0 Å². The molecule has 40 heavy (non-hydrogen) atoms. The number of H-pyrrole nitrogens is 1. The minimum absolute atomic E-state index is 0.000779. The number of ether oxygens (including phenoxy) is 4. The molecule has 0 radical (unpaired) electrons. The quantitative estimate of drug-likeness (QED) is 0.458. The van der Waals surface area contributed by atoms with Crippen LogP contribution in [0.15, 0.2) is 46.4 Å². The van der Waals surface area contributed by atoms with Crippen LogP contribution < -0.4 is 29.8 Å². The van der Waals surface area contributed by atoms with Gasteiger partial charge in [0.25, 0.3) is 5.56 Å². The normalized spacial score (nSPS) is 23.6. The number of methoxy groups -OCH3 is 3. The van der Waals surface area contributed by atoms with Crippen molar-refractivity contribution in [3.63, 3.8) is 0 Å². The number of amides is 1. The first-order chi connectivity index (χ1) is 19.1. The lowest BCUT2D eigenvalue weighted by Gasteiger charge is -2.41. The maximum atomic E-state index is 14.5. The summed E-state index contributed by atoms with van der Waals surface area (Å²) in [6.07, 6.45) is -0.00789. The van der Waals surface area contributed by atoms with Gasteiger partial charge in [-0.05, 0) is 30.7 Å². The van der Waals surface area contributed by atoms with Crippen LogP contribution in [-0.4, -0.2) is 49.4 Å². The lowest BCUT2D eigenvalue weighted by atomic mass is 9.66. The van der Waals surface area contributed by atoms with Crippen LogP contribution in [0.5, 0.6) is 23.0 Å². The second-order valence-corrected chi connectivity index (χ2v) is 10.5. The van der Waals surface area contributed by atoms with E-state index < -0.39 is 34.6 Å². The zero-order chi connectivity index (χ0) is 28.5. The Bertz CT molecular complexity index is 1740. The van der Waals surface area contributed by atoms with Crippen molar-refractivity contribution in [2.45, 2.75) is 31.3 Å². The molecule has 1 aromatic heterocycles. The summed E-state index contributed by atoms with van der Waals surface area (Å²) in [5.74, 6) is -2.19. The van der Waals surface area contributed by atoms with Crippen molar-refractivity contribution in [2.75, 3.05) is 21.3 Å². The Balaban J connectivity index is 1.52. The first kappa shape index (κ1) is 25.9. The van der Waals surface area contributed by atoms with Crippen LogP contribution in [0, 0.1) is 5.92 Å². The van der Waals surface area contributed by atoms with E-state index in [0.717, 1.165) is 0 Å². The monoisotopic (exact) mass is 564 g/mol. The van der Waals surface area contributed by atoms with E-state index in [1.165, 1.54) is 27.4 Å². The molecule has 0 fully saturated rings. The van der Waals surface area contributed by atoms with E-state index >= 15 is 0 Å². The van der Waals surface area contributed by atoms with Crippen molar-refractivity contribution >= 4 is 40.0 Å². The fraction of sp³-hybridized carbons (Fsp3) is 0.310. The number of carbonyl (C=O) groups excluding carboxylic acids is 3. The minimum atomic E-state index is -1.96. The molecule has 11 heteroatoms. The molecule has 0 saturated heterocycles. The Morgan fingerprint density at radius 2 is 1.70 bits per heavy atom. The first-order valence-electron chi connectivity index (χ1n) is 12.6. The van der Waals surface area contributed by atoms with Crippen LogP contribution in [0.3, 0.4) is 0 Å². The largest absolute Gasteiger partial charge is 0.497 e. The van der Waals surface area contributed by atoms with Gasteiger partial charge in [0, 0.05) is 52.1 Å². The van der Waals surface area contributed by atoms with Gasteiger partial charge in [-0.2, -0.15) is 0 Å². The Kier molecular flexibility index (Phi) is 5.92. The molecule has 2 aliphatic heterocycles. The number of allylic oxidation sites excluding steroid dienone is 1. The van der Waals surface area contributed by atoms with Gasteiger partial charge in [0.15, 0.2) is 5.75 Å². The molecular formula is C29H25ClN2O8. The topological polar surface area (TPSA) is 133 Å². The molecule has 2 N–H and O–H groups in total. The number of hydrogen-bond acceptors (Lipinski definition) is 8. The molecule has 1 amide bonds. The summed E-state index contributed by atoms with van der Waals surface area (Å²) in [6, 6.07) is 8.31. The number of benzene rings is 2. The van der Waals surface area contributed by atoms with Gasteiger partial charge in [0.1, 0.15) is 27.8 Å². The Labute approximate surface area is 233 Å². The van der Waals surface area contributed by atoms with E-state index in [-0.39, 0.29) is 57.7 Å². The van der Waals surface area contributed by atoms with Crippen LogP contribution in [-0.2, 0) is 9.59 Å². The highest BCUT2D eigenvalue weighted by Crippen LogP contribution is 2.55. The highest BCUT2D eigenvalue weighted by Gasteiger charge is 2.63. The standard InChI is InChI=1S/C29H25ClN2O8/c1-12-7-18-22(26(34)29(12)27(35)23-19(38-3)11-20(39-4)24(30)25(23)40-29)15(10-21(33)31-18)16-9-13-8-14(37-2)5-6-17(13)32-28(16)36/h5-6,8-9,11-12,15H,7,10H2,1-4H3,(H,31,33)(H,32,36)/t12-,15?,29+/m1/s1. The third-order valence-electron chi connectivity index (χ3n) is 8.01. The molecule has 1 aliphatic carbocycles. The number of fused-ring (bicyclic) bond motifs is 2. The number of nitrogens with one attached hydrogen (secondary N) is 2. The van der Waals surface area contributed by atoms with Crippen LogP contribution in [0.4, 0.5) is 0 Å². The molecule has 1 unspecified atom stereocenters. The van der Waals surface area contributed by atoms with Crippen LogP contribution in [0.25, 0.3) is 10.9 Å². The third-order valence-corrected chi connectivity index (χ3v) is 8.37. The predicted molar refractivity (Wildman–Crippen MR) is 145 cm³/mol. The molecule has 0 saturated carbocycles. The average Bonchev–Trinajstić information content (AvgIpc) is 3.25. The van der Waals surface area contributed by atoms with Crippen LogP contribution >= 0.6 is 11.6 Å². The smallest absolute Gasteiger partial charge is 0.252 e. The van der Waals surface area contributed by atoms with Gasteiger partial charge < -0.3 is 29.2 Å². The van der Waals surface area contributed by atoms with Crippen LogP contribution in [0.1, 0.15) is 41.6 Å². The van der Waals surface area contributed by atoms with Gasteiger partial charge in [-0.1, -0.05) is 18.5 Å². The number of carbonyl (C=O) groups is 3. The lowest BCUT2D eigenvalue weighted by molar-refractivity contribution is -0.131. The van der Waals surface area contributed by atoms with Gasteiger partial charge in [0.05, 0.1) is 21.3 Å². The maximum Gasteiger partial charge on any atom is 0.252 e. The Morgan fingerprint density at radius 1 is 0.950 bits per heavy atom. The van der Waals surface area contributed by atoms with Crippen LogP contribution in [0.2, 0.25) is 5.02 Å². The number of Topliss-reactive ketones (excluding diaryl/α,β-unsaturated/α-hetero) is 2. The summed E-state index contributed by atoms with van der Waals surface area (Å²) in [5.41, 5.74) is -1.03. The average molecular weight is 565 g/mol. The summed E-state index contributed by atoms with van der Waals surface area (Å²) >= 11 is 6.53. The number of aromatic amines is 1. The highest BCUT2D eigenvalue weighted by atomic mass is 35.5. The Morgan fingerprint density at radius 3 is 2.40 bits per heavy atom. The summed E-state index contributed by atoms with van der Waals surface area (Å²) in [7, 11) is 4.34. The minimum Gasteiger partial charge on any atom is -0.497 e. The lowest BCUT2D eigenvalue weighted by Crippen LogP contribution is -2.59. The highest BCUT2D eigenvalue weighted by molar-refractivity contribution is 6.36. The van der Waals surface area contributed by atoms with Crippen molar-refractivity contribution in [3.8, 4) is 23.0 Å². The van der Waals surface area contributed by atoms with Crippen molar-refractivity contribution in [1.82, 2.24) is 10.3 Å². The fourth-order valence-electron chi connectivity index (χ4n) is 6.04. The molecule has 1 spiro atoms. The molecule has 2 aromatic carbocycles. The number of rotatable bonds is 4. The number of halogens is 1. The molecule has 3 atom stereocenters. The third kappa shape index (κ3) is 3.48. The zero-order valence-electron chi connectivity index (χ0n) is 22.1. The summed E-state index contributed by atoms with van der Waals surface area (Å²) in [4.78, 5) is 57.5. The van der Waals surface area contributed by atoms with Crippen molar-refractivity contribution in [2.24, 2.45) is 5.92 Å². The van der Waals surface area contributed by atoms with E-state index in [1.54, 1.807) is 31.2 Å². The molecule has 3 heterocycles. The van der Waals surface area contributed by atoms with Gasteiger partial charge in [-0.15, -0.1) is 0 Å². The van der Waals surface area contributed by atoms with E-state index in [4.69, 9.17) is 30.5 Å².